The average Bonchev–Trinajstić information content (AvgIpc) is 2.67. The van der Waals surface area contributed by atoms with E-state index in [0.717, 1.165) is 12.1 Å². The zero-order valence-electron chi connectivity index (χ0n) is 14.4. The number of halogens is 6. The maximum absolute atomic E-state index is 13.3. The molecule has 1 unspecified atom stereocenters. The molecule has 0 spiro atoms. The normalized spacial score (nSPS) is 13.4. The molecule has 0 bridgehead atoms. The van der Waals surface area contributed by atoms with Crippen LogP contribution in [-0.4, -0.2) is 24.6 Å². The van der Waals surface area contributed by atoms with E-state index in [0.29, 0.717) is 11.4 Å². The van der Waals surface area contributed by atoms with Crippen molar-refractivity contribution in [1.29, 1.82) is 0 Å². The van der Waals surface area contributed by atoms with Gasteiger partial charge in [0.2, 0.25) is 0 Å². The molecule has 152 valence electrons. The minimum atomic E-state index is -5.88. The Kier molecular flexibility index (Phi) is 8.58. The van der Waals surface area contributed by atoms with Gasteiger partial charge in [0.1, 0.15) is 0 Å². The van der Waals surface area contributed by atoms with Crippen LogP contribution in [0.15, 0.2) is 64.8 Å². The molecule has 0 aliphatic rings. The Morgan fingerprint density at radius 2 is 1.43 bits per heavy atom. The second-order valence-electron chi connectivity index (χ2n) is 4.97. The van der Waals surface area contributed by atoms with Gasteiger partial charge in [-0.15, -0.1) is 4.94 Å². The van der Waals surface area contributed by atoms with E-state index in [9.17, 15) is 31.3 Å². The SMILES string of the molecule is CCF.O=C(Nc1ccc(N=Nc2ccccc2)cc1)C(F)(OF)C(F)(F)F. The highest BCUT2D eigenvalue weighted by Gasteiger charge is 2.65. The van der Waals surface area contributed by atoms with Gasteiger partial charge in [0.15, 0.2) is 0 Å². The van der Waals surface area contributed by atoms with Crippen LogP contribution in [0.2, 0.25) is 0 Å². The quantitative estimate of drug-likeness (QED) is 0.478. The summed E-state index contributed by atoms with van der Waals surface area (Å²) in [5.41, 5.74) is 0.685. The van der Waals surface area contributed by atoms with Gasteiger partial charge >= 0.3 is 17.9 Å². The van der Waals surface area contributed by atoms with Crippen molar-refractivity contribution < 1.29 is 36.2 Å². The summed E-state index contributed by atoms with van der Waals surface area (Å²) >= 11 is 0. The first-order chi connectivity index (χ1) is 13.2. The lowest BCUT2D eigenvalue weighted by Crippen LogP contribution is -2.51. The Hall–Kier alpha value is -2.95. The van der Waals surface area contributed by atoms with Gasteiger partial charge in [0, 0.05) is 5.69 Å². The summed E-state index contributed by atoms with van der Waals surface area (Å²) in [7, 11) is 0. The fourth-order valence-corrected chi connectivity index (χ4v) is 1.64. The van der Waals surface area contributed by atoms with Crippen molar-refractivity contribution in [3.63, 3.8) is 0 Å². The number of carbonyl (C=O) groups is 1. The van der Waals surface area contributed by atoms with E-state index in [-0.39, 0.29) is 12.4 Å². The number of carbonyl (C=O) groups excluding carboxylic acids is 1. The smallest absolute Gasteiger partial charge is 0.321 e. The number of anilines is 1. The molecule has 1 atom stereocenters. The van der Waals surface area contributed by atoms with Gasteiger partial charge in [-0.25, -0.2) is 0 Å². The first-order valence-corrected chi connectivity index (χ1v) is 7.67. The number of azo groups is 1. The molecule has 5 nitrogen and oxygen atoms in total. The van der Waals surface area contributed by atoms with Gasteiger partial charge < -0.3 is 5.32 Å². The Bertz CT molecular complexity index is 769. The molecule has 2 rings (SSSR count). The van der Waals surface area contributed by atoms with E-state index in [2.05, 4.69) is 15.2 Å². The zero-order chi connectivity index (χ0) is 21.2. The van der Waals surface area contributed by atoms with Crippen LogP contribution < -0.4 is 5.32 Å². The second-order valence-corrected chi connectivity index (χ2v) is 4.97. The maximum Gasteiger partial charge on any atom is 0.461 e. The van der Waals surface area contributed by atoms with Crippen molar-refractivity contribution in [1.82, 2.24) is 0 Å². The number of benzene rings is 2. The summed E-state index contributed by atoms with van der Waals surface area (Å²) in [6, 6.07) is 13.6. The number of amides is 1. The number of hydrogen-bond acceptors (Lipinski definition) is 4. The predicted molar refractivity (Wildman–Crippen MR) is 89.4 cm³/mol. The number of nitrogens with zero attached hydrogens (tertiary/aromatic N) is 2. The molecule has 0 aliphatic heterocycles. The number of rotatable bonds is 5. The van der Waals surface area contributed by atoms with E-state index < -0.39 is 17.9 Å². The summed E-state index contributed by atoms with van der Waals surface area (Å²) in [6.45, 7) is 1.21. The fourth-order valence-electron chi connectivity index (χ4n) is 1.64. The summed E-state index contributed by atoms with van der Waals surface area (Å²) in [5.74, 6) is -7.44. The number of hydrogen-bond donors (Lipinski definition) is 1. The first kappa shape index (κ1) is 23.1. The lowest BCUT2D eigenvalue weighted by Gasteiger charge is -2.21. The molecule has 0 saturated heterocycles. The standard InChI is InChI=1S/C15H10F5N3O2.C2H5F/c16-14(25-20,15(17,18)19)13(24)21-10-6-8-12(9-7-10)23-22-11-4-2-1-3-5-11;1-2-3/h1-9H,(H,21,24);2H2,1H3. The average molecular weight is 407 g/mol. The van der Waals surface area contributed by atoms with Gasteiger partial charge in [0.25, 0.3) is 0 Å². The lowest BCUT2D eigenvalue weighted by molar-refractivity contribution is -0.379. The highest BCUT2D eigenvalue weighted by atomic mass is 19.4. The van der Waals surface area contributed by atoms with E-state index >= 15 is 0 Å². The Morgan fingerprint density at radius 3 is 1.86 bits per heavy atom. The van der Waals surface area contributed by atoms with Gasteiger partial charge in [-0.2, -0.15) is 27.8 Å². The van der Waals surface area contributed by atoms with Crippen molar-refractivity contribution in [3.8, 4) is 0 Å². The largest absolute Gasteiger partial charge is 0.461 e. The molecular weight excluding hydrogens is 392 g/mol. The van der Waals surface area contributed by atoms with Crippen LogP contribution in [0.1, 0.15) is 6.92 Å². The van der Waals surface area contributed by atoms with Crippen LogP contribution in [0.5, 0.6) is 0 Å². The van der Waals surface area contributed by atoms with Crippen molar-refractivity contribution in [2.24, 2.45) is 10.2 Å². The molecule has 0 fully saturated rings. The maximum atomic E-state index is 13.3. The van der Waals surface area contributed by atoms with Crippen LogP contribution in [0.25, 0.3) is 0 Å². The summed E-state index contributed by atoms with van der Waals surface area (Å²) in [4.78, 5) is 13.5. The third-order valence-electron chi connectivity index (χ3n) is 2.93. The molecule has 2 aromatic carbocycles. The van der Waals surface area contributed by atoms with Crippen LogP contribution in [-0.2, 0) is 9.74 Å². The second kappa shape index (κ2) is 10.4. The van der Waals surface area contributed by atoms with Crippen molar-refractivity contribution in [3.05, 3.63) is 54.6 Å². The monoisotopic (exact) mass is 407 g/mol. The molecule has 2 aromatic rings. The van der Waals surface area contributed by atoms with Gasteiger partial charge in [-0.05, 0) is 47.8 Å². The molecule has 0 saturated carbocycles. The van der Waals surface area contributed by atoms with Crippen LogP contribution >= 0.6 is 0 Å². The molecule has 1 amide bonds. The molecule has 28 heavy (non-hydrogen) atoms. The topological polar surface area (TPSA) is 63.0 Å². The molecule has 0 radical (unpaired) electrons. The molecule has 0 heterocycles. The van der Waals surface area contributed by atoms with E-state index in [4.69, 9.17) is 0 Å². The van der Waals surface area contributed by atoms with Crippen LogP contribution in [0, 0.1) is 0 Å². The highest BCUT2D eigenvalue weighted by molar-refractivity contribution is 5.96. The highest BCUT2D eigenvalue weighted by Crippen LogP contribution is 2.36. The summed E-state index contributed by atoms with van der Waals surface area (Å²) < 4.78 is 72.6. The van der Waals surface area contributed by atoms with E-state index in [1.54, 1.807) is 35.6 Å². The summed E-state index contributed by atoms with van der Waals surface area (Å²) in [5, 5.41) is 9.36. The van der Waals surface area contributed by atoms with E-state index in [1.807, 2.05) is 0 Å². The lowest BCUT2D eigenvalue weighted by atomic mass is 10.2. The molecule has 1 N–H and O–H groups in total. The van der Waals surface area contributed by atoms with Crippen molar-refractivity contribution in [2.45, 2.75) is 19.0 Å². The zero-order valence-corrected chi connectivity index (χ0v) is 14.4. The molecule has 11 heteroatoms. The van der Waals surface area contributed by atoms with Crippen LogP contribution in [0.3, 0.4) is 0 Å². The molecular formula is C17H15F6N3O2. The number of nitrogens with one attached hydrogen (secondary N) is 1. The fraction of sp³-hybridized carbons (Fsp3) is 0.235. The Balaban J connectivity index is 0.00000122. The van der Waals surface area contributed by atoms with Gasteiger partial charge in [-0.1, -0.05) is 18.2 Å². The van der Waals surface area contributed by atoms with Crippen molar-refractivity contribution >= 4 is 23.0 Å². The van der Waals surface area contributed by atoms with Crippen LogP contribution in [0.4, 0.5) is 43.5 Å². The Labute approximate surface area is 155 Å². The van der Waals surface area contributed by atoms with Gasteiger partial charge in [0.05, 0.1) is 18.0 Å². The third kappa shape index (κ3) is 6.34. The minimum Gasteiger partial charge on any atom is -0.321 e. The third-order valence-corrected chi connectivity index (χ3v) is 2.93. The van der Waals surface area contributed by atoms with Gasteiger partial charge in [-0.3, -0.25) is 9.18 Å². The predicted octanol–water partition coefficient (Wildman–Crippen LogP) is 6.15. The summed E-state index contributed by atoms with van der Waals surface area (Å²) in [6.07, 6.45) is -5.88. The Morgan fingerprint density at radius 1 is 0.964 bits per heavy atom. The molecule has 0 aromatic heterocycles. The number of alkyl halides is 5. The first-order valence-electron chi connectivity index (χ1n) is 7.67. The molecule has 0 aliphatic carbocycles. The minimum absolute atomic E-state index is 0.216. The van der Waals surface area contributed by atoms with Crippen molar-refractivity contribution in [2.75, 3.05) is 12.0 Å². The van der Waals surface area contributed by atoms with E-state index in [1.165, 1.54) is 19.1 Å².